The van der Waals surface area contributed by atoms with Gasteiger partial charge in [-0.25, -0.2) is 4.79 Å². The first-order chi connectivity index (χ1) is 10.7. The van der Waals surface area contributed by atoms with Crippen LogP contribution >= 0.6 is 0 Å². The molecule has 1 rings (SSSR count). The number of benzene rings is 1. The van der Waals surface area contributed by atoms with Crippen molar-refractivity contribution in [1.82, 2.24) is 5.32 Å². The van der Waals surface area contributed by atoms with Crippen molar-refractivity contribution in [3.8, 4) is 0 Å². The number of nitrogens with two attached hydrogens (primary N) is 1. The van der Waals surface area contributed by atoms with Crippen molar-refractivity contribution < 1.29 is 9.53 Å². The van der Waals surface area contributed by atoms with Crippen LogP contribution in [0.2, 0.25) is 0 Å². The molecule has 0 aliphatic heterocycles. The maximum atomic E-state index is 11.9. The average molecular weight is 306 g/mol. The first-order valence-corrected chi connectivity index (χ1v) is 8.43. The molecule has 0 aromatic heterocycles. The Hall–Kier alpha value is -1.55. The second-order valence-electron chi connectivity index (χ2n) is 5.69. The van der Waals surface area contributed by atoms with E-state index in [4.69, 9.17) is 10.5 Å². The zero-order valence-corrected chi connectivity index (χ0v) is 13.9. The number of rotatable bonds is 11. The Bertz CT molecular complexity index is 410. The maximum Gasteiger partial charge on any atom is 0.338 e. The molecule has 0 radical (unpaired) electrons. The minimum absolute atomic E-state index is 0.291. The van der Waals surface area contributed by atoms with Crippen LogP contribution in [0.1, 0.15) is 62.7 Å². The van der Waals surface area contributed by atoms with Crippen LogP contribution in [0.15, 0.2) is 24.3 Å². The Balaban J connectivity index is 2.26. The van der Waals surface area contributed by atoms with E-state index in [2.05, 4.69) is 19.2 Å². The second-order valence-corrected chi connectivity index (χ2v) is 5.69. The zero-order chi connectivity index (χ0) is 16.2. The van der Waals surface area contributed by atoms with Gasteiger partial charge in [0.1, 0.15) is 6.61 Å². The molecule has 0 saturated carbocycles. The van der Waals surface area contributed by atoms with Gasteiger partial charge in [0.2, 0.25) is 0 Å². The smallest absolute Gasteiger partial charge is 0.338 e. The fourth-order valence-corrected chi connectivity index (χ4v) is 2.36. The molecular weight excluding hydrogens is 276 g/mol. The van der Waals surface area contributed by atoms with Crippen LogP contribution in [-0.2, 0) is 4.74 Å². The van der Waals surface area contributed by atoms with Gasteiger partial charge in [-0.15, -0.1) is 0 Å². The van der Waals surface area contributed by atoms with E-state index < -0.39 is 0 Å². The molecule has 0 unspecified atom stereocenters. The van der Waals surface area contributed by atoms with Gasteiger partial charge >= 0.3 is 5.97 Å². The lowest BCUT2D eigenvalue weighted by atomic mass is 10.0. The number of carbonyl (C=O) groups excluding carboxylic acids is 1. The van der Waals surface area contributed by atoms with Crippen LogP contribution in [0.5, 0.6) is 0 Å². The van der Waals surface area contributed by atoms with E-state index in [1.807, 2.05) is 0 Å². The Morgan fingerprint density at radius 3 is 2.27 bits per heavy atom. The highest BCUT2D eigenvalue weighted by atomic mass is 16.5. The standard InChI is InChI=1S/C18H30N2O2/c1-3-5-7-17(8-6-4-2)20-13-14-22-18(21)15-9-11-16(19)12-10-15/h9-12,17,20H,3-8,13-14,19H2,1-2H3. The van der Waals surface area contributed by atoms with Gasteiger partial charge in [0.15, 0.2) is 0 Å². The van der Waals surface area contributed by atoms with Crippen LogP contribution in [0.25, 0.3) is 0 Å². The largest absolute Gasteiger partial charge is 0.461 e. The van der Waals surface area contributed by atoms with Crippen LogP contribution in [-0.4, -0.2) is 25.2 Å². The topological polar surface area (TPSA) is 64.3 Å². The molecule has 0 bridgehead atoms. The maximum absolute atomic E-state index is 11.9. The lowest BCUT2D eigenvalue weighted by Crippen LogP contribution is -2.32. The van der Waals surface area contributed by atoms with E-state index in [1.54, 1.807) is 24.3 Å². The normalized spacial score (nSPS) is 10.9. The van der Waals surface area contributed by atoms with E-state index in [1.165, 1.54) is 38.5 Å². The predicted octanol–water partition coefficient (Wildman–Crippen LogP) is 3.76. The third-order valence-corrected chi connectivity index (χ3v) is 3.73. The summed E-state index contributed by atoms with van der Waals surface area (Å²) in [5, 5.41) is 3.51. The molecule has 4 heteroatoms. The molecule has 0 aliphatic rings. The molecule has 22 heavy (non-hydrogen) atoms. The van der Waals surface area contributed by atoms with Crippen molar-refractivity contribution in [3.05, 3.63) is 29.8 Å². The number of anilines is 1. The van der Waals surface area contributed by atoms with Gasteiger partial charge in [0.25, 0.3) is 0 Å². The molecule has 0 atom stereocenters. The Kier molecular flexibility index (Phi) is 9.31. The third kappa shape index (κ3) is 7.46. The van der Waals surface area contributed by atoms with Gasteiger partial charge in [0.05, 0.1) is 5.56 Å². The predicted molar refractivity (Wildman–Crippen MR) is 92.0 cm³/mol. The molecule has 4 nitrogen and oxygen atoms in total. The van der Waals surface area contributed by atoms with Gasteiger partial charge in [-0.05, 0) is 37.1 Å². The lowest BCUT2D eigenvalue weighted by molar-refractivity contribution is 0.0505. The number of carbonyl (C=O) groups is 1. The number of unbranched alkanes of at least 4 members (excludes halogenated alkanes) is 2. The monoisotopic (exact) mass is 306 g/mol. The summed E-state index contributed by atoms with van der Waals surface area (Å²) in [7, 11) is 0. The highest BCUT2D eigenvalue weighted by molar-refractivity contribution is 5.89. The number of hydrogen-bond donors (Lipinski definition) is 2. The molecule has 0 fully saturated rings. The van der Waals surface area contributed by atoms with Gasteiger partial charge in [-0.2, -0.15) is 0 Å². The minimum Gasteiger partial charge on any atom is -0.461 e. The highest BCUT2D eigenvalue weighted by Gasteiger charge is 2.09. The number of esters is 1. The average Bonchev–Trinajstić information content (AvgIpc) is 2.53. The summed E-state index contributed by atoms with van der Waals surface area (Å²) in [5.41, 5.74) is 6.79. The fourth-order valence-electron chi connectivity index (χ4n) is 2.36. The highest BCUT2D eigenvalue weighted by Crippen LogP contribution is 2.09. The molecule has 1 aromatic rings. The lowest BCUT2D eigenvalue weighted by Gasteiger charge is -2.18. The SMILES string of the molecule is CCCCC(CCCC)NCCOC(=O)c1ccc(N)cc1. The van der Waals surface area contributed by atoms with Crippen molar-refractivity contribution in [2.24, 2.45) is 0 Å². The van der Waals surface area contributed by atoms with E-state index in [0.717, 1.165) is 0 Å². The molecule has 124 valence electrons. The molecule has 3 N–H and O–H groups in total. The van der Waals surface area contributed by atoms with Crippen molar-refractivity contribution in [2.45, 2.75) is 58.4 Å². The molecular formula is C18H30N2O2. The summed E-state index contributed by atoms with van der Waals surface area (Å²) in [5.74, 6) is -0.291. The van der Waals surface area contributed by atoms with E-state index in [9.17, 15) is 4.79 Å². The number of hydrogen-bond acceptors (Lipinski definition) is 4. The van der Waals surface area contributed by atoms with Gasteiger partial charge in [-0.3, -0.25) is 0 Å². The van der Waals surface area contributed by atoms with Crippen molar-refractivity contribution >= 4 is 11.7 Å². The van der Waals surface area contributed by atoms with Crippen molar-refractivity contribution in [3.63, 3.8) is 0 Å². The van der Waals surface area contributed by atoms with E-state index in [-0.39, 0.29) is 5.97 Å². The molecule has 0 aliphatic carbocycles. The molecule has 0 saturated heterocycles. The first-order valence-electron chi connectivity index (χ1n) is 8.43. The minimum atomic E-state index is -0.291. The van der Waals surface area contributed by atoms with Crippen LogP contribution in [0.3, 0.4) is 0 Å². The third-order valence-electron chi connectivity index (χ3n) is 3.73. The molecule has 0 spiro atoms. The number of ether oxygens (including phenoxy) is 1. The van der Waals surface area contributed by atoms with Crippen LogP contribution in [0, 0.1) is 0 Å². The van der Waals surface area contributed by atoms with Gasteiger partial charge in [0, 0.05) is 18.3 Å². The first kappa shape index (κ1) is 18.5. The summed E-state index contributed by atoms with van der Waals surface area (Å²) in [6.07, 6.45) is 7.32. The Morgan fingerprint density at radius 1 is 1.14 bits per heavy atom. The van der Waals surface area contributed by atoms with E-state index in [0.29, 0.717) is 30.4 Å². The summed E-state index contributed by atoms with van der Waals surface area (Å²) in [4.78, 5) is 11.9. The zero-order valence-electron chi connectivity index (χ0n) is 13.9. The molecule has 1 aromatic carbocycles. The Labute approximate surface area is 134 Å². The van der Waals surface area contributed by atoms with Crippen molar-refractivity contribution in [2.75, 3.05) is 18.9 Å². The van der Waals surface area contributed by atoms with Crippen molar-refractivity contribution in [1.29, 1.82) is 0 Å². The fraction of sp³-hybridized carbons (Fsp3) is 0.611. The summed E-state index contributed by atoms with van der Waals surface area (Å²) in [6, 6.07) is 7.34. The number of nitrogen functional groups attached to an aromatic ring is 1. The quantitative estimate of drug-likeness (QED) is 0.371. The van der Waals surface area contributed by atoms with E-state index >= 15 is 0 Å². The summed E-state index contributed by atoms with van der Waals surface area (Å²) in [6.45, 7) is 5.54. The van der Waals surface area contributed by atoms with Gasteiger partial charge < -0.3 is 15.8 Å². The second kappa shape index (κ2) is 11.1. The summed E-state index contributed by atoms with van der Waals surface area (Å²) >= 11 is 0. The van der Waals surface area contributed by atoms with Crippen LogP contribution in [0.4, 0.5) is 5.69 Å². The summed E-state index contributed by atoms with van der Waals surface area (Å²) < 4.78 is 5.29. The van der Waals surface area contributed by atoms with Gasteiger partial charge in [-0.1, -0.05) is 39.5 Å². The Morgan fingerprint density at radius 2 is 1.73 bits per heavy atom. The number of nitrogens with one attached hydrogen (secondary N) is 1. The molecule has 0 amide bonds. The van der Waals surface area contributed by atoms with Crippen LogP contribution < -0.4 is 11.1 Å². The molecule has 0 heterocycles.